The molecule has 0 unspecified atom stereocenters. The van der Waals surface area contributed by atoms with Gasteiger partial charge in [0.1, 0.15) is 0 Å². The average Bonchev–Trinajstić information content (AvgIpc) is 2.63. The predicted molar refractivity (Wildman–Crippen MR) is 104 cm³/mol. The van der Waals surface area contributed by atoms with Gasteiger partial charge in [-0.05, 0) is 56.7 Å². The summed E-state index contributed by atoms with van der Waals surface area (Å²) in [5, 5.41) is 5.62. The Balaban J connectivity index is 2.12. The molecule has 0 saturated carbocycles. The Hall–Kier alpha value is -2.89. The van der Waals surface area contributed by atoms with Crippen molar-refractivity contribution in [3.05, 3.63) is 53.3 Å². The Morgan fingerprint density at radius 1 is 1.12 bits per heavy atom. The largest absolute Gasteiger partial charge is 0.372 e. The Morgan fingerprint density at radius 3 is 2.46 bits per heavy atom. The fourth-order valence-electron chi connectivity index (χ4n) is 2.70. The van der Waals surface area contributed by atoms with Gasteiger partial charge in [-0.3, -0.25) is 14.6 Å². The van der Waals surface area contributed by atoms with Crippen LogP contribution in [0.15, 0.2) is 36.5 Å². The first-order chi connectivity index (χ1) is 12.4. The van der Waals surface area contributed by atoms with Gasteiger partial charge in [-0.2, -0.15) is 0 Å². The maximum atomic E-state index is 12.6. The molecule has 6 nitrogen and oxygen atoms in total. The standard InChI is InChI=1S/C20H26N4O2/c1-5-24(6-2)18-7-8-19(14(3)11-18)23-20(26)16-9-10-21-17(12-16)13-22-15(4)25/h7-12H,5-6,13H2,1-4H3,(H,22,25)(H,23,26). The smallest absolute Gasteiger partial charge is 0.255 e. The Kier molecular flexibility index (Phi) is 6.72. The predicted octanol–water partition coefficient (Wildman–Crippen LogP) is 3.12. The molecule has 0 radical (unpaired) electrons. The van der Waals surface area contributed by atoms with Gasteiger partial charge in [-0.15, -0.1) is 0 Å². The van der Waals surface area contributed by atoms with Crippen molar-refractivity contribution in [2.24, 2.45) is 0 Å². The fourth-order valence-corrected chi connectivity index (χ4v) is 2.70. The molecule has 1 aromatic heterocycles. The fraction of sp³-hybridized carbons (Fsp3) is 0.350. The summed E-state index contributed by atoms with van der Waals surface area (Å²) in [5.74, 6) is -0.333. The lowest BCUT2D eigenvalue weighted by atomic mass is 10.1. The van der Waals surface area contributed by atoms with Crippen LogP contribution in [0.3, 0.4) is 0 Å². The molecule has 1 heterocycles. The highest BCUT2D eigenvalue weighted by atomic mass is 16.2. The van der Waals surface area contributed by atoms with Crippen molar-refractivity contribution in [2.45, 2.75) is 34.2 Å². The van der Waals surface area contributed by atoms with Crippen LogP contribution in [0.1, 0.15) is 42.4 Å². The molecule has 0 fully saturated rings. The monoisotopic (exact) mass is 354 g/mol. The second-order valence-corrected chi connectivity index (χ2v) is 6.07. The van der Waals surface area contributed by atoms with Crippen molar-refractivity contribution in [2.75, 3.05) is 23.3 Å². The summed E-state index contributed by atoms with van der Waals surface area (Å²) in [6.07, 6.45) is 1.57. The molecule has 26 heavy (non-hydrogen) atoms. The highest BCUT2D eigenvalue weighted by molar-refractivity contribution is 6.04. The molecule has 0 aliphatic heterocycles. The summed E-state index contributed by atoms with van der Waals surface area (Å²) in [6.45, 7) is 9.85. The Morgan fingerprint density at radius 2 is 1.85 bits per heavy atom. The molecule has 0 saturated heterocycles. The van der Waals surface area contributed by atoms with Gasteiger partial charge in [-0.1, -0.05) is 0 Å². The van der Waals surface area contributed by atoms with Crippen LogP contribution < -0.4 is 15.5 Å². The normalized spacial score (nSPS) is 10.3. The van der Waals surface area contributed by atoms with Gasteiger partial charge in [0.2, 0.25) is 5.91 Å². The minimum Gasteiger partial charge on any atom is -0.372 e. The average molecular weight is 354 g/mol. The first kappa shape index (κ1) is 19.4. The molecule has 1 aromatic carbocycles. The van der Waals surface area contributed by atoms with E-state index >= 15 is 0 Å². The van der Waals surface area contributed by atoms with Crippen molar-refractivity contribution in [3.63, 3.8) is 0 Å². The number of aryl methyl sites for hydroxylation is 1. The number of carbonyl (C=O) groups excluding carboxylic acids is 2. The molecule has 2 aromatic rings. The quantitative estimate of drug-likeness (QED) is 0.801. The maximum absolute atomic E-state index is 12.6. The van der Waals surface area contributed by atoms with Gasteiger partial charge >= 0.3 is 0 Å². The number of anilines is 2. The highest BCUT2D eigenvalue weighted by Gasteiger charge is 2.11. The molecule has 0 atom stereocenters. The van der Waals surface area contributed by atoms with E-state index in [2.05, 4.69) is 40.4 Å². The van der Waals surface area contributed by atoms with Crippen molar-refractivity contribution in [1.82, 2.24) is 10.3 Å². The first-order valence-corrected chi connectivity index (χ1v) is 8.80. The molecule has 0 bridgehead atoms. The van der Waals surface area contributed by atoms with E-state index in [9.17, 15) is 9.59 Å². The number of amides is 2. The number of hydrogen-bond donors (Lipinski definition) is 2. The topological polar surface area (TPSA) is 74.3 Å². The summed E-state index contributed by atoms with van der Waals surface area (Å²) < 4.78 is 0. The molecular weight excluding hydrogens is 328 g/mol. The van der Waals surface area contributed by atoms with Gasteiger partial charge in [0.05, 0.1) is 12.2 Å². The molecule has 2 amide bonds. The van der Waals surface area contributed by atoms with Gasteiger partial charge in [0.25, 0.3) is 5.91 Å². The van der Waals surface area contributed by atoms with Gasteiger partial charge in [-0.25, -0.2) is 0 Å². The van der Waals surface area contributed by atoms with Crippen LogP contribution in [0.2, 0.25) is 0 Å². The van der Waals surface area contributed by atoms with Crippen molar-refractivity contribution >= 4 is 23.2 Å². The third-order valence-electron chi connectivity index (χ3n) is 4.18. The van der Waals surface area contributed by atoms with E-state index in [4.69, 9.17) is 0 Å². The van der Waals surface area contributed by atoms with Crippen LogP contribution in [0.4, 0.5) is 11.4 Å². The number of benzene rings is 1. The van der Waals surface area contributed by atoms with Crippen LogP contribution in [0.5, 0.6) is 0 Å². The van der Waals surface area contributed by atoms with Gasteiger partial charge in [0.15, 0.2) is 0 Å². The van der Waals surface area contributed by atoms with E-state index in [0.29, 0.717) is 17.8 Å². The number of nitrogens with one attached hydrogen (secondary N) is 2. The molecule has 0 aliphatic rings. The summed E-state index contributed by atoms with van der Waals surface area (Å²) >= 11 is 0. The molecule has 0 spiro atoms. The zero-order valence-corrected chi connectivity index (χ0v) is 15.8. The zero-order chi connectivity index (χ0) is 19.1. The minimum atomic E-state index is -0.199. The van der Waals surface area contributed by atoms with E-state index in [-0.39, 0.29) is 11.8 Å². The molecule has 2 rings (SSSR count). The van der Waals surface area contributed by atoms with Crippen LogP contribution in [0.25, 0.3) is 0 Å². The number of nitrogens with zero attached hydrogens (tertiary/aromatic N) is 2. The lowest BCUT2D eigenvalue weighted by molar-refractivity contribution is -0.119. The summed E-state index contributed by atoms with van der Waals surface area (Å²) in [5.41, 5.74) is 4.09. The van der Waals surface area contributed by atoms with E-state index < -0.39 is 0 Å². The summed E-state index contributed by atoms with van der Waals surface area (Å²) in [4.78, 5) is 30.0. The molecule has 0 aliphatic carbocycles. The van der Waals surface area contributed by atoms with Gasteiger partial charge in [0, 0.05) is 43.1 Å². The summed E-state index contributed by atoms with van der Waals surface area (Å²) in [6, 6.07) is 9.37. The first-order valence-electron chi connectivity index (χ1n) is 8.80. The lowest BCUT2D eigenvalue weighted by Gasteiger charge is -2.22. The van der Waals surface area contributed by atoms with Crippen LogP contribution in [0, 0.1) is 6.92 Å². The number of pyridine rings is 1. The van der Waals surface area contributed by atoms with Crippen LogP contribution in [-0.2, 0) is 11.3 Å². The number of rotatable bonds is 7. The van der Waals surface area contributed by atoms with Crippen molar-refractivity contribution < 1.29 is 9.59 Å². The molecule has 138 valence electrons. The number of aromatic nitrogens is 1. The number of carbonyl (C=O) groups is 2. The zero-order valence-electron chi connectivity index (χ0n) is 15.8. The highest BCUT2D eigenvalue weighted by Crippen LogP contribution is 2.23. The van der Waals surface area contributed by atoms with E-state index in [1.165, 1.54) is 6.92 Å². The van der Waals surface area contributed by atoms with E-state index in [1.54, 1.807) is 18.3 Å². The molecule has 2 N–H and O–H groups in total. The van der Waals surface area contributed by atoms with Crippen LogP contribution >= 0.6 is 0 Å². The van der Waals surface area contributed by atoms with E-state index in [0.717, 1.165) is 30.0 Å². The SMILES string of the molecule is CCN(CC)c1ccc(NC(=O)c2ccnc(CNC(C)=O)c2)c(C)c1. The minimum absolute atomic E-state index is 0.134. The van der Waals surface area contributed by atoms with Crippen molar-refractivity contribution in [3.8, 4) is 0 Å². The number of hydrogen-bond acceptors (Lipinski definition) is 4. The Bertz CT molecular complexity index is 785. The summed E-state index contributed by atoms with van der Waals surface area (Å²) in [7, 11) is 0. The van der Waals surface area contributed by atoms with E-state index in [1.807, 2.05) is 19.1 Å². The molecular formula is C20H26N4O2. The third kappa shape index (κ3) is 5.05. The Labute approximate surface area is 154 Å². The maximum Gasteiger partial charge on any atom is 0.255 e. The second kappa shape index (κ2) is 8.99. The third-order valence-corrected chi connectivity index (χ3v) is 4.18. The second-order valence-electron chi connectivity index (χ2n) is 6.07. The van der Waals surface area contributed by atoms with Crippen LogP contribution in [-0.4, -0.2) is 29.9 Å². The van der Waals surface area contributed by atoms with Crippen molar-refractivity contribution in [1.29, 1.82) is 0 Å². The lowest BCUT2D eigenvalue weighted by Crippen LogP contribution is -2.22. The molecule has 6 heteroatoms. The van der Waals surface area contributed by atoms with Gasteiger partial charge < -0.3 is 15.5 Å².